The van der Waals surface area contributed by atoms with Crippen molar-refractivity contribution in [2.75, 3.05) is 26.3 Å². The summed E-state index contributed by atoms with van der Waals surface area (Å²) in [5.41, 5.74) is -5.05. The van der Waals surface area contributed by atoms with Crippen molar-refractivity contribution in [1.29, 1.82) is 0 Å². The number of amides is 3. The third-order valence-electron chi connectivity index (χ3n) is 8.26. The number of hydrogen-bond acceptors (Lipinski definition) is 6. The van der Waals surface area contributed by atoms with E-state index in [0.29, 0.717) is 43.8 Å². The fourth-order valence-electron chi connectivity index (χ4n) is 5.82. The Kier molecular flexibility index (Phi) is 9.23. The predicted molar refractivity (Wildman–Crippen MR) is 165 cm³/mol. The van der Waals surface area contributed by atoms with Crippen LogP contribution in [0.1, 0.15) is 60.5 Å². The number of carbonyl (C=O) groups is 3. The van der Waals surface area contributed by atoms with E-state index in [9.17, 15) is 27.7 Å². The van der Waals surface area contributed by atoms with E-state index in [1.807, 2.05) is 30.3 Å². The molecular formula is C31H36F2N3O7PS. The van der Waals surface area contributed by atoms with Gasteiger partial charge in [-0.2, -0.15) is 8.78 Å². The minimum absolute atomic E-state index is 0.136. The van der Waals surface area contributed by atoms with Gasteiger partial charge in [0, 0.05) is 23.4 Å². The second kappa shape index (κ2) is 12.5. The fourth-order valence-corrected chi connectivity index (χ4v) is 7.25. The zero-order chi connectivity index (χ0) is 32.7. The number of hydrogen-bond donors (Lipinski definition) is 3. The molecule has 2 fully saturated rings. The highest BCUT2D eigenvalue weighted by molar-refractivity contribution is 7.52. The van der Waals surface area contributed by atoms with Crippen LogP contribution >= 0.6 is 18.9 Å². The van der Waals surface area contributed by atoms with Crippen molar-refractivity contribution >= 4 is 46.7 Å². The summed E-state index contributed by atoms with van der Waals surface area (Å²) < 4.78 is 46.1. The van der Waals surface area contributed by atoms with Gasteiger partial charge in [-0.3, -0.25) is 18.9 Å². The molecule has 2 aromatic carbocycles. The lowest BCUT2D eigenvalue weighted by atomic mass is 9.85. The minimum Gasteiger partial charge on any atom is -0.377 e. The van der Waals surface area contributed by atoms with E-state index in [4.69, 9.17) is 14.5 Å². The van der Waals surface area contributed by atoms with E-state index >= 15 is 0 Å². The van der Waals surface area contributed by atoms with Gasteiger partial charge in [-0.05, 0) is 47.4 Å². The summed E-state index contributed by atoms with van der Waals surface area (Å²) in [4.78, 5) is 63.2. The van der Waals surface area contributed by atoms with Gasteiger partial charge in [-0.1, -0.05) is 57.2 Å². The molecule has 242 valence electrons. The molecule has 0 aliphatic carbocycles. The molecule has 14 heteroatoms. The van der Waals surface area contributed by atoms with Gasteiger partial charge in [-0.15, -0.1) is 11.3 Å². The number of likely N-dealkylation sites (tertiary alicyclic amines) is 1. The van der Waals surface area contributed by atoms with Crippen molar-refractivity contribution in [2.45, 2.75) is 57.4 Å². The third kappa shape index (κ3) is 6.69. The van der Waals surface area contributed by atoms with Crippen LogP contribution in [0.5, 0.6) is 0 Å². The van der Waals surface area contributed by atoms with E-state index in [2.05, 4.69) is 5.32 Å². The Balaban J connectivity index is 1.36. The molecule has 0 spiro atoms. The Morgan fingerprint density at radius 2 is 1.76 bits per heavy atom. The molecule has 2 aliphatic heterocycles. The summed E-state index contributed by atoms with van der Waals surface area (Å²) in [6, 6.07) is 12.1. The van der Waals surface area contributed by atoms with Gasteiger partial charge in [0.05, 0.1) is 24.1 Å². The smallest absolute Gasteiger partial charge is 0.377 e. The lowest BCUT2D eigenvalue weighted by molar-refractivity contribution is -0.151. The molecule has 1 aromatic heterocycles. The Hall–Kier alpha value is -3.22. The number of rotatable bonds is 7. The highest BCUT2D eigenvalue weighted by Gasteiger charge is 2.50. The largest absolute Gasteiger partial charge is 0.399 e. The molecule has 3 aromatic rings. The van der Waals surface area contributed by atoms with Crippen molar-refractivity contribution in [1.82, 2.24) is 15.1 Å². The minimum atomic E-state index is -5.77. The fraction of sp³-hybridized carbons (Fsp3) is 0.452. The lowest BCUT2D eigenvalue weighted by Crippen LogP contribution is -2.58. The number of nitrogens with zero attached hydrogens (tertiary/aromatic N) is 2. The lowest BCUT2D eigenvalue weighted by Gasteiger charge is -2.40. The summed E-state index contributed by atoms with van der Waals surface area (Å²) >= 11 is 1.00. The van der Waals surface area contributed by atoms with Crippen LogP contribution in [0.25, 0.3) is 10.1 Å². The molecule has 5 rings (SSSR count). The van der Waals surface area contributed by atoms with Gasteiger partial charge in [0.15, 0.2) is 0 Å². The molecule has 2 aliphatic rings. The second-order valence-electron chi connectivity index (χ2n) is 12.4. The van der Waals surface area contributed by atoms with Gasteiger partial charge in [0.25, 0.3) is 5.91 Å². The molecule has 0 bridgehead atoms. The molecule has 3 N–H and O–H groups in total. The van der Waals surface area contributed by atoms with Crippen LogP contribution in [-0.2, 0) is 24.6 Å². The average Bonchev–Trinajstić information content (AvgIpc) is 3.66. The van der Waals surface area contributed by atoms with Gasteiger partial charge in [-0.25, -0.2) is 0 Å². The summed E-state index contributed by atoms with van der Waals surface area (Å²) in [6.07, 6.45) is 1.12. The SMILES string of the molecule is CC(C)(C)C(NC(=O)c1cc2cc(C(F)(F)P(=O)(O)O)ccc2s1)C(=O)N1CCC[C@H]1C(=O)N1CCOC[C@H]1c1ccccc1. The van der Waals surface area contributed by atoms with Crippen LogP contribution in [-0.4, -0.2) is 75.7 Å². The zero-order valence-electron chi connectivity index (χ0n) is 25.1. The third-order valence-corrected chi connectivity index (χ3v) is 10.4. The molecule has 3 heterocycles. The van der Waals surface area contributed by atoms with Crippen molar-refractivity contribution in [3.63, 3.8) is 0 Å². The van der Waals surface area contributed by atoms with Gasteiger partial charge in [0.1, 0.15) is 12.1 Å². The Bertz CT molecular complexity index is 1640. The first-order chi connectivity index (χ1) is 21.1. The van der Waals surface area contributed by atoms with Crippen LogP contribution in [0.4, 0.5) is 8.78 Å². The van der Waals surface area contributed by atoms with Crippen molar-refractivity contribution in [3.05, 3.63) is 70.6 Å². The summed E-state index contributed by atoms with van der Waals surface area (Å²) in [5, 5.41) is 3.02. The van der Waals surface area contributed by atoms with E-state index in [1.54, 1.807) is 30.6 Å². The topological polar surface area (TPSA) is 136 Å². The number of ether oxygens (including phenoxy) is 1. The first-order valence-corrected chi connectivity index (χ1v) is 17.0. The van der Waals surface area contributed by atoms with E-state index in [1.165, 1.54) is 12.1 Å². The van der Waals surface area contributed by atoms with Crippen molar-refractivity contribution in [3.8, 4) is 0 Å². The van der Waals surface area contributed by atoms with Crippen LogP contribution < -0.4 is 5.32 Å². The molecule has 10 nitrogen and oxygen atoms in total. The average molecular weight is 664 g/mol. The Labute approximate surface area is 263 Å². The number of morpholine rings is 1. The highest BCUT2D eigenvalue weighted by atomic mass is 32.1. The number of fused-ring (bicyclic) bond motifs is 1. The number of thiophene rings is 1. The number of alkyl halides is 2. The predicted octanol–water partition coefficient (Wildman–Crippen LogP) is 4.86. The number of carbonyl (C=O) groups excluding carboxylic acids is 3. The molecular weight excluding hydrogens is 627 g/mol. The maximum atomic E-state index is 14.3. The van der Waals surface area contributed by atoms with Gasteiger partial charge in [0.2, 0.25) is 11.8 Å². The van der Waals surface area contributed by atoms with Crippen LogP contribution in [0.3, 0.4) is 0 Å². The van der Waals surface area contributed by atoms with E-state index in [-0.39, 0.29) is 28.1 Å². The van der Waals surface area contributed by atoms with E-state index in [0.717, 1.165) is 29.0 Å². The molecule has 3 amide bonds. The Morgan fingerprint density at radius 3 is 2.42 bits per heavy atom. The number of nitrogens with one attached hydrogen (secondary N) is 1. The summed E-state index contributed by atoms with van der Waals surface area (Å²) in [6.45, 7) is 6.91. The van der Waals surface area contributed by atoms with Gasteiger partial charge < -0.3 is 29.6 Å². The number of benzene rings is 2. The molecule has 2 saturated heterocycles. The van der Waals surface area contributed by atoms with Crippen LogP contribution in [0, 0.1) is 5.41 Å². The van der Waals surface area contributed by atoms with E-state index < -0.39 is 42.2 Å². The first kappa shape index (κ1) is 33.2. The monoisotopic (exact) mass is 663 g/mol. The molecule has 45 heavy (non-hydrogen) atoms. The summed E-state index contributed by atoms with van der Waals surface area (Å²) in [5.74, 6) is -1.16. The quantitative estimate of drug-likeness (QED) is 0.307. The van der Waals surface area contributed by atoms with Crippen LogP contribution in [0.15, 0.2) is 54.6 Å². The van der Waals surface area contributed by atoms with Crippen LogP contribution in [0.2, 0.25) is 0 Å². The molecule has 1 unspecified atom stereocenters. The highest BCUT2D eigenvalue weighted by Crippen LogP contribution is 2.59. The van der Waals surface area contributed by atoms with Crippen molar-refractivity contribution in [2.24, 2.45) is 5.41 Å². The maximum Gasteiger partial charge on any atom is 0.399 e. The molecule has 3 atom stereocenters. The maximum absolute atomic E-state index is 14.3. The second-order valence-corrected chi connectivity index (χ2v) is 15.2. The Morgan fingerprint density at radius 1 is 1.04 bits per heavy atom. The molecule has 0 saturated carbocycles. The number of halogens is 2. The normalized spacial score (nSPS) is 20.3. The first-order valence-electron chi connectivity index (χ1n) is 14.6. The van der Waals surface area contributed by atoms with Crippen molar-refractivity contribution < 1.29 is 42.3 Å². The van der Waals surface area contributed by atoms with Gasteiger partial charge >= 0.3 is 13.3 Å². The zero-order valence-corrected chi connectivity index (χ0v) is 26.8. The standard InChI is InChI=1S/C31H36F2N3O7PS/c1-30(2,3)26(34-27(37)25-17-20-16-21(11-12-24(20)45-25)31(32,33)44(40,41)42)29(39)35-13-7-10-22(35)28(38)36-14-15-43-18-23(36)19-8-5-4-6-9-19/h4-6,8-9,11-12,16-17,22-23,26H,7,10,13-15,18H2,1-3H3,(H,34,37)(H2,40,41,42)/t22-,23-,26?/m0/s1. The molecule has 0 radical (unpaired) electrons. The summed E-state index contributed by atoms with van der Waals surface area (Å²) in [7, 11) is -5.77.